The van der Waals surface area contributed by atoms with Crippen LogP contribution in [0.3, 0.4) is 0 Å². The number of nitrogens with one attached hydrogen (secondary N) is 1. The molecule has 0 bridgehead atoms. The molecule has 0 radical (unpaired) electrons. The average molecular weight is 199 g/mol. The standard InChI is InChI=1S/C12H16N2/c1-14(2)8-7-10-9-13-12-6-4-3-5-11(10)12/h3-6,9,13H,7-8H2,1-2H3/i1D3,2D3,3D,4D,5D,6D,9D. The molecule has 1 aromatic carbocycles. The summed E-state index contributed by atoms with van der Waals surface area (Å²) in [5.74, 6) is 0. The Bertz CT molecular complexity index is 788. The molecule has 0 aliphatic heterocycles. The zero-order chi connectivity index (χ0) is 19.3. The zero-order valence-corrected chi connectivity index (χ0v) is 7.36. The van der Waals surface area contributed by atoms with E-state index >= 15 is 0 Å². The highest BCUT2D eigenvalue weighted by Crippen LogP contribution is 2.17. The van der Waals surface area contributed by atoms with Gasteiger partial charge in [-0.1, -0.05) is 18.1 Å². The lowest BCUT2D eigenvalue weighted by Crippen LogP contribution is -2.14. The van der Waals surface area contributed by atoms with E-state index in [0.717, 1.165) is 0 Å². The Morgan fingerprint density at radius 3 is 3.14 bits per heavy atom. The summed E-state index contributed by atoms with van der Waals surface area (Å²) in [5.41, 5.74) is 0.195. The van der Waals surface area contributed by atoms with Gasteiger partial charge in [-0.05, 0) is 32.0 Å². The van der Waals surface area contributed by atoms with Crippen LogP contribution >= 0.6 is 0 Å². The number of aromatic nitrogens is 1. The summed E-state index contributed by atoms with van der Waals surface area (Å²) in [6.45, 7) is -6.15. The van der Waals surface area contributed by atoms with Crippen molar-refractivity contribution in [3.63, 3.8) is 0 Å². The molecule has 0 aliphatic carbocycles. The Kier molecular flexibility index (Phi) is 0.785. The van der Waals surface area contributed by atoms with Crippen molar-refractivity contribution >= 4 is 10.9 Å². The van der Waals surface area contributed by atoms with E-state index in [0.29, 0.717) is 4.90 Å². The number of hydrogen-bond donors (Lipinski definition) is 1. The second-order valence-corrected chi connectivity index (χ2v) is 2.88. The van der Waals surface area contributed by atoms with Crippen molar-refractivity contribution in [2.75, 3.05) is 20.5 Å². The molecular formula is C12H16N2. The van der Waals surface area contributed by atoms with Crippen molar-refractivity contribution in [3.05, 3.63) is 35.9 Å². The third-order valence-corrected chi connectivity index (χ3v) is 1.91. The van der Waals surface area contributed by atoms with Crippen molar-refractivity contribution in [2.45, 2.75) is 6.42 Å². The van der Waals surface area contributed by atoms with Gasteiger partial charge in [0.2, 0.25) is 0 Å². The van der Waals surface area contributed by atoms with Crippen LogP contribution in [-0.4, -0.2) is 30.4 Å². The van der Waals surface area contributed by atoms with Crippen molar-refractivity contribution in [1.29, 1.82) is 0 Å². The Labute approximate surface area is 100.0 Å². The first-order valence-corrected chi connectivity index (χ1v) is 4.12. The van der Waals surface area contributed by atoms with Crippen LogP contribution in [0.5, 0.6) is 0 Å². The molecule has 14 heavy (non-hydrogen) atoms. The minimum Gasteiger partial charge on any atom is -0.361 e. The van der Waals surface area contributed by atoms with Crippen molar-refractivity contribution < 1.29 is 15.1 Å². The lowest BCUT2D eigenvalue weighted by Gasteiger charge is -2.07. The Morgan fingerprint density at radius 2 is 2.29 bits per heavy atom. The molecule has 0 amide bonds. The second-order valence-electron chi connectivity index (χ2n) is 2.88. The minimum absolute atomic E-state index is 0.0420. The first-order chi connectivity index (χ1) is 11.3. The van der Waals surface area contributed by atoms with Gasteiger partial charge in [-0.3, -0.25) is 0 Å². The number of likely N-dealkylation sites (N-methyl/N-ethyl adjacent to an activating group) is 1. The predicted molar refractivity (Wildman–Crippen MR) is 60.6 cm³/mol. The van der Waals surface area contributed by atoms with Gasteiger partial charge >= 0.3 is 0 Å². The lowest BCUT2D eigenvalue weighted by atomic mass is 10.1. The average Bonchev–Trinajstić information content (AvgIpc) is 2.77. The summed E-state index contributed by atoms with van der Waals surface area (Å²) in [4.78, 5) is 2.91. The van der Waals surface area contributed by atoms with Gasteiger partial charge in [0, 0.05) is 31.8 Å². The summed E-state index contributed by atoms with van der Waals surface area (Å²) >= 11 is 0. The molecule has 0 aliphatic rings. The van der Waals surface area contributed by atoms with Gasteiger partial charge in [-0.25, -0.2) is 0 Å². The largest absolute Gasteiger partial charge is 0.361 e. The molecule has 2 rings (SSSR count). The van der Waals surface area contributed by atoms with Crippen LogP contribution < -0.4 is 0 Å². The van der Waals surface area contributed by atoms with E-state index in [1.807, 2.05) is 0 Å². The quantitative estimate of drug-likeness (QED) is 0.803. The number of nitrogens with zero attached hydrogens (tertiary/aromatic N) is 1. The van der Waals surface area contributed by atoms with Crippen LogP contribution in [0.25, 0.3) is 10.9 Å². The normalized spacial score (nSPS) is 24.5. The molecule has 2 aromatic rings. The van der Waals surface area contributed by atoms with Crippen LogP contribution in [0.15, 0.2) is 30.3 Å². The highest BCUT2D eigenvalue weighted by Gasteiger charge is 2.02. The Hall–Kier alpha value is -1.28. The molecule has 2 nitrogen and oxygen atoms in total. The van der Waals surface area contributed by atoms with Crippen LogP contribution in [-0.2, 0) is 6.42 Å². The molecule has 0 spiro atoms. The van der Waals surface area contributed by atoms with E-state index < -0.39 is 32.6 Å². The maximum Gasteiger partial charge on any atom is 0.0819 e. The van der Waals surface area contributed by atoms with E-state index in [2.05, 4.69) is 4.98 Å². The molecule has 0 atom stereocenters. The first-order valence-electron chi connectivity index (χ1n) is 9.62. The minimum atomic E-state index is -2.86. The fourth-order valence-electron chi connectivity index (χ4n) is 1.24. The zero-order valence-electron chi connectivity index (χ0n) is 18.4. The van der Waals surface area contributed by atoms with Gasteiger partial charge in [0.05, 0.1) is 6.85 Å². The number of aromatic amines is 1. The number of para-hydroxylation sites is 1. The number of rotatable bonds is 3. The van der Waals surface area contributed by atoms with Gasteiger partial charge in [0.15, 0.2) is 0 Å². The first kappa shape index (κ1) is 2.86. The Balaban J connectivity index is 2.51. The summed E-state index contributed by atoms with van der Waals surface area (Å²) < 4.78 is 83.3. The molecule has 1 aromatic heterocycles. The molecule has 1 heterocycles. The molecule has 0 unspecified atom stereocenters. The number of H-pyrrole nitrogens is 1. The molecule has 0 fully saturated rings. The smallest absolute Gasteiger partial charge is 0.0819 e. The number of fused-ring (bicyclic) bond motifs is 1. The van der Waals surface area contributed by atoms with E-state index in [1.54, 1.807) is 0 Å². The molecule has 74 valence electrons. The predicted octanol–water partition coefficient (Wildman–Crippen LogP) is 2.27. The van der Waals surface area contributed by atoms with Gasteiger partial charge in [-0.15, -0.1) is 0 Å². The maximum atomic E-state index is 7.98. The van der Waals surface area contributed by atoms with Crippen molar-refractivity contribution in [1.82, 2.24) is 9.88 Å². The van der Waals surface area contributed by atoms with E-state index in [-0.39, 0.29) is 41.1 Å². The fourth-order valence-corrected chi connectivity index (χ4v) is 1.24. The topological polar surface area (TPSA) is 19.0 Å². The molecule has 0 saturated heterocycles. The number of benzene rings is 1. The van der Waals surface area contributed by atoms with Crippen molar-refractivity contribution in [3.8, 4) is 0 Å². The number of hydrogen-bond acceptors (Lipinski definition) is 1. The summed E-state index contributed by atoms with van der Waals surface area (Å²) in [6.07, 6.45) is -0.365. The van der Waals surface area contributed by atoms with Gasteiger partial charge in [0.25, 0.3) is 0 Å². The van der Waals surface area contributed by atoms with Gasteiger partial charge in [-0.2, -0.15) is 0 Å². The SMILES string of the molecule is [2H]c1[nH]c2c([2H])c([2H])c([2H])c([2H])c2c1CCN(C([2H])([2H])[2H])C([2H])([2H])[2H]. The van der Waals surface area contributed by atoms with Crippen LogP contribution in [0.4, 0.5) is 0 Å². The second kappa shape index (κ2) is 3.84. The highest BCUT2D eigenvalue weighted by atomic mass is 15.0. The summed E-state index contributed by atoms with van der Waals surface area (Å²) in [6, 6.07) is -1.60. The van der Waals surface area contributed by atoms with E-state index in [4.69, 9.17) is 15.1 Å². The molecule has 0 saturated carbocycles. The van der Waals surface area contributed by atoms with Crippen LogP contribution in [0.1, 0.15) is 20.6 Å². The molecule has 1 N–H and O–H groups in total. The monoisotopic (exact) mass is 199 g/mol. The Morgan fingerprint density at radius 1 is 1.43 bits per heavy atom. The molecule has 2 heteroatoms. The third kappa shape index (κ3) is 1.80. The third-order valence-electron chi connectivity index (χ3n) is 1.91. The van der Waals surface area contributed by atoms with E-state index in [1.165, 1.54) is 0 Å². The summed E-state index contributed by atoms with van der Waals surface area (Å²) in [5, 5.41) is 0.0760. The fraction of sp³-hybridized carbons (Fsp3) is 0.333. The van der Waals surface area contributed by atoms with E-state index in [9.17, 15) is 0 Å². The van der Waals surface area contributed by atoms with Crippen LogP contribution in [0, 0.1) is 0 Å². The summed E-state index contributed by atoms with van der Waals surface area (Å²) in [7, 11) is 0. The van der Waals surface area contributed by atoms with Gasteiger partial charge < -0.3 is 9.88 Å². The highest BCUT2D eigenvalue weighted by molar-refractivity contribution is 5.83. The van der Waals surface area contributed by atoms with Crippen molar-refractivity contribution in [2.24, 2.45) is 0 Å². The molecular weight excluding hydrogens is 172 g/mol. The maximum absolute atomic E-state index is 7.98. The van der Waals surface area contributed by atoms with Crippen LogP contribution in [0.2, 0.25) is 0 Å². The lowest BCUT2D eigenvalue weighted by molar-refractivity contribution is 0.414. The van der Waals surface area contributed by atoms with Gasteiger partial charge in [0.1, 0.15) is 0 Å².